The van der Waals surface area contributed by atoms with Crippen molar-refractivity contribution in [2.75, 3.05) is 13.2 Å². The van der Waals surface area contributed by atoms with Crippen molar-refractivity contribution in [1.29, 1.82) is 0 Å². The molecule has 0 aromatic heterocycles. The van der Waals surface area contributed by atoms with Gasteiger partial charge in [-0.1, -0.05) is 65.8 Å². The molecule has 1 aromatic carbocycles. The normalized spacial score (nSPS) is 26.0. The summed E-state index contributed by atoms with van der Waals surface area (Å²) in [5.41, 5.74) is 0.0997. The minimum Gasteiger partial charge on any atom is -0.465 e. The Morgan fingerprint density at radius 3 is 1.94 bits per heavy atom. The van der Waals surface area contributed by atoms with Crippen molar-refractivity contribution >= 4 is 17.7 Å². The standard InChI is InChI=1S/C26H38O6/c1-15(2)13-31-24(28)22-20(27)12-26(7,30)23(25(29)32-14-16(3)4)21(22)19-10-8-18(9-11-19)17(5)6/h8-11,15-17,21-23,30H,12-14H2,1-7H3/t21-,22+,23-,26+/m1/s1. The smallest absolute Gasteiger partial charge is 0.317 e. The molecule has 1 aliphatic rings. The summed E-state index contributed by atoms with van der Waals surface area (Å²) >= 11 is 0. The van der Waals surface area contributed by atoms with Crippen molar-refractivity contribution in [3.05, 3.63) is 35.4 Å². The maximum absolute atomic E-state index is 13.2. The summed E-state index contributed by atoms with van der Waals surface area (Å²) in [5.74, 6) is -4.26. The Morgan fingerprint density at radius 1 is 0.969 bits per heavy atom. The van der Waals surface area contributed by atoms with Gasteiger partial charge >= 0.3 is 11.9 Å². The number of Topliss-reactive ketones (excluding diaryl/α,β-unsaturated/α-hetero) is 1. The lowest BCUT2D eigenvalue weighted by molar-refractivity contribution is -0.173. The van der Waals surface area contributed by atoms with Gasteiger partial charge in [-0.2, -0.15) is 0 Å². The number of ether oxygens (including phenoxy) is 2. The summed E-state index contributed by atoms with van der Waals surface area (Å²) in [4.78, 5) is 39.3. The van der Waals surface area contributed by atoms with Crippen molar-refractivity contribution in [3.8, 4) is 0 Å². The van der Waals surface area contributed by atoms with Gasteiger partial charge in [0.1, 0.15) is 5.92 Å². The number of carbonyl (C=O) groups excluding carboxylic acids is 3. The Hall–Kier alpha value is -2.21. The molecule has 0 amide bonds. The van der Waals surface area contributed by atoms with E-state index in [1.807, 2.05) is 52.0 Å². The largest absolute Gasteiger partial charge is 0.465 e. The molecule has 1 aliphatic carbocycles. The molecule has 0 heterocycles. The zero-order chi connectivity index (χ0) is 24.2. The molecule has 0 saturated heterocycles. The number of hydrogen-bond donors (Lipinski definition) is 1. The van der Waals surface area contributed by atoms with E-state index in [-0.39, 0.29) is 31.5 Å². The third-order valence-corrected chi connectivity index (χ3v) is 5.88. The minimum atomic E-state index is -1.64. The lowest BCUT2D eigenvalue weighted by atomic mass is 9.61. The molecule has 1 aromatic rings. The van der Waals surface area contributed by atoms with Gasteiger partial charge in [0, 0.05) is 12.3 Å². The van der Waals surface area contributed by atoms with Crippen molar-refractivity contribution < 1.29 is 29.0 Å². The van der Waals surface area contributed by atoms with Gasteiger partial charge in [-0.05, 0) is 35.8 Å². The van der Waals surface area contributed by atoms with E-state index in [1.54, 1.807) is 0 Å². The van der Waals surface area contributed by atoms with Crippen LogP contribution in [0.3, 0.4) is 0 Å². The summed E-state index contributed by atoms with van der Waals surface area (Å²) in [6.45, 7) is 13.7. The van der Waals surface area contributed by atoms with Gasteiger partial charge in [0.05, 0.1) is 24.7 Å². The highest BCUT2D eigenvalue weighted by Crippen LogP contribution is 2.47. The van der Waals surface area contributed by atoms with Crippen LogP contribution in [0.1, 0.15) is 77.8 Å². The maximum atomic E-state index is 13.2. The maximum Gasteiger partial charge on any atom is 0.317 e. The van der Waals surface area contributed by atoms with Crippen LogP contribution in [0.15, 0.2) is 24.3 Å². The first-order valence-corrected chi connectivity index (χ1v) is 11.5. The van der Waals surface area contributed by atoms with E-state index in [4.69, 9.17) is 9.47 Å². The average molecular weight is 447 g/mol. The van der Waals surface area contributed by atoms with Crippen LogP contribution >= 0.6 is 0 Å². The molecular formula is C26H38O6. The van der Waals surface area contributed by atoms with E-state index in [0.29, 0.717) is 11.5 Å². The van der Waals surface area contributed by atoms with Crippen molar-refractivity contribution in [1.82, 2.24) is 0 Å². The molecular weight excluding hydrogens is 408 g/mol. The fourth-order valence-corrected chi connectivity index (χ4v) is 4.20. The van der Waals surface area contributed by atoms with E-state index in [1.165, 1.54) is 6.92 Å². The van der Waals surface area contributed by atoms with Crippen LogP contribution in [0, 0.1) is 23.7 Å². The van der Waals surface area contributed by atoms with Gasteiger partial charge < -0.3 is 14.6 Å². The number of carbonyl (C=O) groups is 3. The van der Waals surface area contributed by atoms with E-state index in [2.05, 4.69) is 13.8 Å². The first kappa shape index (κ1) is 26.0. The molecule has 1 N–H and O–H groups in total. The van der Waals surface area contributed by atoms with E-state index >= 15 is 0 Å². The zero-order valence-corrected chi connectivity index (χ0v) is 20.4. The highest BCUT2D eigenvalue weighted by Gasteiger charge is 2.57. The van der Waals surface area contributed by atoms with Crippen LogP contribution < -0.4 is 0 Å². The Kier molecular flexibility index (Phi) is 8.63. The molecule has 178 valence electrons. The summed E-state index contributed by atoms with van der Waals surface area (Å²) in [5, 5.41) is 11.2. The van der Waals surface area contributed by atoms with Crippen LogP contribution in [0.25, 0.3) is 0 Å². The van der Waals surface area contributed by atoms with Gasteiger partial charge in [-0.15, -0.1) is 0 Å². The molecule has 32 heavy (non-hydrogen) atoms. The molecule has 0 radical (unpaired) electrons. The second kappa shape index (κ2) is 10.6. The number of aliphatic hydroxyl groups is 1. The van der Waals surface area contributed by atoms with E-state index < -0.39 is 41.1 Å². The Bertz CT molecular complexity index is 806. The minimum absolute atomic E-state index is 0.108. The summed E-state index contributed by atoms with van der Waals surface area (Å²) in [7, 11) is 0. The number of esters is 2. The van der Waals surface area contributed by atoms with Gasteiger partial charge in [0.2, 0.25) is 0 Å². The van der Waals surface area contributed by atoms with Gasteiger partial charge in [0.25, 0.3) is 0 Å². The molecule has 1 fully saturated rings. The molecule has 6 nitrogen and oxygen atoms in total. The molecule has 4 atom stereocenters. The van der Waals surface area contributed by atoms with Crippen LogP contribution in [0.2, 0.25) is 0 Å². The SMILES string of the molecule is CC(C)COC(=O)[C@H]1C(=O)C[C@](C)(O)[C@@H](C(=O)OCC(C)C)[C@@H]1c1ccc(C(C)C)cc1. The molecule has 6 heteroatoms. The Morgan fingerprint density at radius 2 is 1.47 bits per heavy atom. The third-order valence-electron chi connectivity index (χ3n) is 5.88. The second-order valence-electron chi connectivity index (χ2n) is 10.4. The van der Waals surface area contributed by atoms with E-state index in [0.717, 1.165) is 5.56 Å². The van der Waals surface area contributed by atoms with Crippen LogP contribution in [0.5, 0.6) is 0 Å². The van der Waals surface area contributed by atoms with Crippen molar-refractivity contribution in [2.24, 2.45) is 23.7 Å². The topological polar surface area (TPSA) is 89.9 Å². The van der Waals surface area contributed by atoms with Gasteiger partial charge in [0.15, 0.2) is 5.78 Å². The highest BCUT2D eigenvalue weighted by molar-refractivity contribution is 6.02. The third kappa shape index (κ3) is 6.18. The van der Waals surface area contributed by atoms with Gasteiger partial charge in [-0.25, -0.2) is 0 Å². The summed E-state index contributed by atoms with van der Waals surface area (Å²) in [6.07, 6.45) is -0.309. The van der Waals surface area contributed by atoms with Crippen LogP contribution in [-0.4, -0.2) is 41.6 Å². The summed E-state index contributed by atoms with van der Waals surface area (Å²) in [6, 6.07) is 7.53. The van der Waals surface area contributed by atoms with E-state index in [9.17, 15) is 19.5 Å². The predicted octanol–water partition coefficient (Wildman–Crippen LogP) is 4.25. The molecule has 0 bridgehead atoms. The van der Waals surface area contributed by atoms with Crippen LogP contribution in [0.4, 0.5) is 0 Å². The average Bonchev–Trinajstić information content (AvgIpc) is 2.69. The molecule has 2 rings (SSSR count). The monoisotopic (exact) mass is 446 g/mol. The van der Waals surface area contributed by atoms with Crippen molar-refractivity contribution in [2.45, 2.75) is 72.3 Å². The lowest BCUT2D eigenvalue weighted by Crippen LogP contribution is -2.55. The van der Waals surface area contributed by atoms with Crippen molar-refractivity contribution in [3.63, 3.8) is 0 Å². The number of benzene rings is 1. The number of hydrogen-bond acceptors (Lipinski definition) is 6. The fraction of sp³-hybridized carbons (Fsp3) is 0.654. The van der Waals surface area contributed by atoms with Gasteiger partial charge in [-0.3, -0.25) is 14.4 Å². The summed E-state index contributed by atoms with van der Waals surface area (Å²) < 4.78 is 10.9. The molecule has 0 spiro atoms. The molecule has 0 unspecified atom stereocenters. The first-order valence-electron chi connectivity index (χ1n) is 11.5. The van der Waals surface area contributed by atoms with Crippen LogP contribution in [-0.2, 0) is 23.9 Å². The number of ketones is 1. The lowest BCUT2D eigenvalue weighted by Gasteiger charge is -2.43. The Labute approximate surface area is 191 Å². The number of rotatable bonds is 8. The molecule has 1 saturated carbocycles. The highest BCUT2D eigenvalue weighted by atomic mass is 16.5. The zero-order valence-electron chi connectivity index (χ0n) is 20.4. The Balaban J connectivity index is 2.54. The first-order chi connectivity index (χ1) is 14.8. The molecule has 0 aliphatic heterocycles. The quantitative estimate of drug-likeness (QED) is 0.474. The second-order valence-corrected chi connectivity index (χ2v) is 10.4. The fourth-order valence-electron chi connectivity index (χ4n) is 4.20. The predicted molar refractivity (Wildman–Crippen MR) is 122 cm³/mol.